The summed E-state index contributed by atoms with van der Waals surface area (Å²) in [6, 6.07) is 7.21. The van der Waals surface area contributed by atoms with Crippen molar-refractivity contribution in [2.75, 3.05) is 11.9 Å². The number of amides is 3. The molecule has 2 aliphatic heterocycles. The van der Waals surface area contributed by atoms with Gasteiger partial charge in [0.05, 0.1) is 27.9 Å². The van der Waals surface area contributed by atoms with E-state index < -0.39 is 79.7 Å². The van der Waals surface area contributed by atoms with Crippen LogP contribution in [0, 0.1) is 11.7 Å². The van der Waals surface area contributed by atoms with E-state index in [9.17, 15) is 40.4 Å². The van der Waals surface area contributed by atoms with E-state index in [1.807, 2.05) is 48.8 Å². The molecule has 2 aliphatic carbocycles. The van der Waals surface area contributed by atoms with E-state index >= 15 is 0 Å². The highest BCUT2D eigenvalue weighted by atomic mass is 32.2. The molecule has 7 rings (SSSR count). The highest BCUT2D eigenvalue weighted by Crippen LogP contribution is 2.47. The smallest absolute Gasteiger partial charge is 0.416 e. The van der Waals surface area contributed by atoms with E-state index in [4.69, 9.17) is 4.74 Å². The van der Waals surface area contributed by atoms with Crippen LogP contribution in [0.15, 0.2) is 54.6 Å². The predicted molar refractivity (Wildman–Crippen MR) is 199 cm³/mol. The Kier molecular flexibility index (Phi) is 10.4. The third-order valence-corrected chi connectivity index (χ3v) is 13.6. The van der Waals surface area contributed by atoms with Gasteiger partial charge < -0.3 is 20.3 Å². The lowest BCUT2D eigenvalue weighted by Crippen LogP contribution is -2.58. The van der Waals surface area contributed by atoms with Crippen LogP contribution in [-0.4, -0.2) is 75.6 Å². The van der Waals surface area contributed by atoms with E-state index in [-0.39, 0.29) is 43.5 Å². The van der Waals surface area contributed by atoms with Gasteiger partial charge in [-0.15, -0.1) is 0 Å². The second-order valence-electron chi connectivity index (χ2n) is 16.0. The Hall–Kier alpha value is -4.67. The quantitative estimate of drug-likeness (QED) is 0.186. The summed E-state index contributed by atoms with van der Waals surface area (Å²) in [5.74, 6) is -3.86. The number of rotatable bonds is 8. The number of allylic oxidation sites excluding steroid dienone is 1. The summed E-state index contributed by atoms with van der Waals surface area (Å²) in [4.78, 5) is 48.9. The predicted octanol–water partition coefficient (Wildman–Crippen LogP) is 6.00. The Labute approximate surface area is 322 Å². The van der Waals surface area contributed by atoms with Crippen molar-refractivity contribution in [3.63, 3.8) is 0 Å². The molecule has 3 aromatic rings. The van der Waals surface area contributed by atoms with E-state index in [1.165, 1.54) is 4.90 Å². The Bertz CT molecular complexity index is 2170. The van der Waals surface area contributed by atoms with Crippen molar-refractivity contribution in [3.05, 3.63) is 66.0 Å². The van der Waals surface area contributed by atoms with Gasteiger partial charge in [-0.3, -0.25) is 23.7 Å². The van der Waals surface area contributed by atoms with Crippen LogP contribution in [-0.2, 0) is 30.6 Å². The number of para-hydroxylation sites is 2. The molecule has 5 atom stereocenters. The van der Waals surface area contributed by atoms with Gasteiger partial charge in [-0.1, -0.05) is 37.1 Å². The van der Waals surface area contributed by atoms with Gasteiger partial charge in [0, 0.05) is 24.1 Å². The number of aromatic nitrogens is 2. The summed E-state index contributed by atoms with van der Waals surface area (Å²) in [6.45, 7) is 5.34. The number of benzene rings is 2. The molecule has 3 fully saturated rings. The van der Waals surface area contributed by atoms with Gasteiger partial charge in [-0.25, -0.2) is 12.8 Å². The Morgan fingerprint density at radius 1 is 1.09 bits per heavy atom. The van der Waals surface area contributed by atoms with Gasteiger partial charge in [0.2, 0.25) is 21.8 Å². The minimum Gasteiger partial charge on any atom is -0.459 e. The number of sulfonamides is 1. The molecule has 2 aromatic carbocycles. The van der Waals surface area contributed by atoms with Crippen LogP contribution >= 0.6 is 0 Å². The average molecular weight is 803 g/mol. The Balaban J connectivity index is 1.23. The van der Waals surface area contributed by atoms with Crippen LogP contribution in [0.4, 0.5) is 23.2 Å². The summed E-state index contributed by atoms with van der Waals surface area (Å²) in [7, 11) is -4.05. The zero-order valence-corrected chi connectivity index (χ0v) is 32.2. The number of ether oxygens (including phenoxy) is 1. The topological polar surface area (TPSA) is 152 Å². The fourth-order valence-corrected chi connectivity index (χ4v) is 9.05. The maximum atomic E-state index is 14.6. The number of nitrogens with one attached hydrogen (secondary N) is 3. The molecule has 12 nitrogen and oxygen atoms in total. The van der Waals surface area contributed by atoms with Crippen LogP contribution in [0.25, 0.3) is 11.0 Å². The largest absolute Gasteiger partial charge is 0.459 e. The third kappa shape index (κ3) is 7.83. The summed E-state index contributed by atoms with van der Waals surface area (Å²) in [6.07, 6.45) is 1.48. The van der Waals surface area contributed by atoms with Gasteiger partial charge in [-0.05, 0) is 89.6 Å². The zero-order chi connectivity index (χ0) is 40.2. The lowest BCUT2D eigenvalue weighted by molar-refractivity contribution is -0.140. The monoisotopic (exact) mass is 802 g/mol. The van der Waals surface area contributed by atoms with Gasteiger partial charge in [-0.2, -0.15) is 18.2 Å². The molecule has 4 aliphatic rings. The van der Waals surface area contributed by atoms with Gasteiger partial charge >= 0.3 is 6.18 Å². The van der Waals surface area contributed by atoms with Gasteiger partial charge in [0.1, 0.15) is 29.5 Å². The molecule has 2 saturated carbocycles. The number of nitrogens with zero attached hydrogens (tertiary/aromatic N) is 3. The lowest BCUT2D eigenvalue weighted by atomic mass is 10.0. The number of fused-ring (bicyclic) bond motifs is 3. The lowest BCUT2D eigenvalue weighted by Gasteiger charge is -2.30. The van der Waals surface area contributed by atoms with Crippen molar-refractivity contribution in [2.24, 2.45) is 5.92 Å². The van der Waals surface area contributed by atoms with E-state index in [0.29, 0.717) is 50.1 Å². The third-order valence-electron chi connectivity index (χ3n) is 11.4. The summed E-state index contributed by atoms with van der Waals surface area (Å²) in [5, 5.41) is 5.66. The minimum atomic E-state index is -4.84. The van der Waals surface area contributed by atoms with Gasteiger partial charge in [0.15, 0.2) is 0 Å². The molecule has 17 heteroatoms. The molecule has 3 amide bonds. The molecule has 0 unspecified atom stereocenters. The Morgan fingerprint density at radius 2 is 1.84 bits per heavy atom. The standard InChI is InChI=1S/C39H46F4N6O6S/c1-23(2)49-31-14-10-9-12-29(31)45-36(49)55-28-20-32-33(50)46-38(35(52)47-56(53,54)37(3)15-16-37)21-24(38)11-7-5-4-6-8-13-30(34(51)48(32)22-28)44-27-18-25(39(41,42)43)17-26(40)19-27/h7,9-12,14,17-19,23-24,28,30,32,44H,4-6,8,13,15-16,20-22H2,1-3H3,(H,46,50)(H,47,52)/t24-,28-,30+,32+,38-/m1/s1. The number of halogens is 4. The minimum absolute atomic E-state index is 0.0433. The van der Waals surface area contributed by atoms with Gasteiger partial charge in [0.25, 0.3) is 11.9 Å². The van der Waals surface area contributed by atoms with Crippen molar-refractivity contribution in [1.82, 2.24) is 24.5 Å². The molecular formula is C39H46F4N6O6S. The van der Waals surface area contributed by atoms with E-state index in [0.717, 1.165) is 17.6 Å². The molecule has 3 N–H and O–H groups in total. The second-order valence-corrected chi connectivity index (χ2v) is 18.2. The second kappa shape index (κ2) is 14.7. The SMILES string of the molecule is CC(C)n1c(O[C@@H]2C[C@H]3C(=O)N[C@]4(C(=O)NS(=O)(=O)C5(C)CC5)C[C@H]4C=CCCCCC[C@H](Nc4cc(F)cc(C(F)(F)F)c4)C(=O)N3C2)nc2ccccc21. The average Bonchev–Trinajstić information content (AvgIpc) is 3.94. The van der Waals surface area contributed by atoms with Crippen molar-refractivity contribution in [3.8, 4) is 6.01 Å². The van der Waals surface area contributed by atoms with Crippen molar-refractivity contribution in [2.45, 2.75) is 119 Å². The molecule has 56 heavy (non-hydrogen) atoms. The summed E-state index contributed by atoms with van der Waals surface area (Å²) < 4.78 is 91.3. The molecule has 0 bridgehead atoms. The first-order valence-corrected chi connectivity index (χ1v) is 20.5. The first-order valence-electron chi connectivity index (χ1n) is 19.0. The number of hydrogen-bond donors (Lipinski definition) is 3. The highest BCUT2D eigenvalue weighted by molar-refractivity contribution is 7.91. The fraction of sp³-hybridized carbons (Fsp3) is 0.538. The number of alkyl halides is 3. The maximum Gasteiger partial charge on any atom is 0.416 e. The van der Waals surface area contributed by atoms with E-state index in [2.05, 4.69) is 20.3 Å². The van der Waals surface area contributed by atoms with E-state index in [1.54, 1.807) is 13.0 Å². The van der Waals surface area contributed by atoms with Crippen LogP contribution < -0.4 is 20.1 Å². The Morgan fingerprint density at radius 3 is 2.55 bits per heavy atom. The van der Waals surface area contributed by atoms with Crippen molar-refractivity contribution in [1.29, 1.82) is 0 Å². The van der Waals surface area contributed by atoms with Crippen LogP contribution in [0.1, 0.15) is 90.2 Å². The molecule has 1 aromatic heterocycles. The molecule has 0 radical (unpaired) electrons. The first kappa shape index (κ1) is 39.6. The molecule has 302 valence electrons. The van der Waals surface area contributed by atoms with Crippen molar-refractivity contribution < 1.29 is 45.1 Å². The molecular weight excluding hydrogens is 757 g/mol. The zero-order valence-electron chi connectivity index (χ0n) is 31.4. The number of carbonyl (C=O) groups excluding carboxylic acids is 3. The normalized spacial score (nSPS) is 26.8. The number of hydrogen-bond acceptors (Lipinski definition) is 8. The number of anilines is 1. The summed E-state index contributed by atoms with van der Waals surface area (Å²) in [5.41, 5.74) is -1.59. The molecule has 1 saturated heterocycles. The van der Waals surface area contributed by atoms with Crippen LogP contribution in [0.3, 0.4) is 0 Å². The van der Waals surface area contributed by atoms with Crippen LogP contribution in [0.2, 0.25) is 0 Å². The summed E-state index contributed by atoms with van der Waals surface area (Å²) >= 11 is 0. The highest BCUT2D eigenvalue weighted by Gasteiger charge is 2.63. The number of imidazole rings is 1. The fourth-order valence-electron chi connectivity index (χ4n) is 7.74. The molecule has 3 heterocycles. The maximum absolute atomic E-state index is 14.6. The first-order chi connectivity index (χ1) is 26.4. The molecule has 0 spiro atoms. The van der Waals surface area contributed by atoms with Crippen molar-refractivity contribution >= 4 is 44.5 Å². The number of carbonyl (C=O) groups is 3. The van der Waals surface area contributed by atoms with Crippen LogP contribution in [0.5, 0.6) is 6.01 Å².